The van der Waals surface area contributed by atoms with Crippen LogP contribution in [0.15, 0.2) is 6.07 Å². The SMILES string of the molecule is Cc1cc(C(=O)N2CCC(C)CC2)ns1. The quantitative estimate of drug-likeness (QED) is 0.733. The first-order valence-electron chi connectivity index (χ1n) is 5.39. The van der Waals surface area contributed by atoms with Crippen LogP contribution in [0.25, 0.3) is 0 Å². The van der Waals surface area contributed by atoms with Crippen molar-refractivity contribution in [2.75, 3.05) is 13.1 Å². The number of carbonyl (C=O) groups is 1. The van der Waals surface area contributed by atoms with Crippen LogP contribution >= 0.6 is 11.5 Å². The molecule has 0 unspecified atom stereocenters. The van der Waals surface area contributed by atoms with Gasteiger partial charge in [0.1, 0.15) is 5.69 Å². The maximum absolute atomic E-state index is 12.0. The fourth-order valence-corrected chi connectivity index (χ4v) is 2.38. The zero-order valence-electron chi connectivity index (χ0n) is 9.19. The second-order valence-electron chi connectivity index (χ2n) is 4.30. The van der Waals surface area contributed by atoms with Gasteiger partial charge in [-0.15, -0.1) is 0 Å². The lowest BCUT2D eigenvalue weighted by molar-refractivity contribution is 0.0692. The number of hydrogen-bond acceptors (Lipinski definition) is 3. The minimum absolute atomic E-state index is 0.103. The Morgan fingerprint density at radius 3 is 2.73 bits per heavy atom. The van der Waals surface area contributed by atoms with Crippen molar-refractivity contribution in [3.8, 4) is 0 Å². The first kappa shape index (κ1) is 10.6. The summed E-state index contributed by atoms with van der Waals surface area (Å²) < 4.78 is 4.16. The molecule has 82 valence electrons. The van der Waals surface area contributed by atoms with Gasteiger partial charge in [0.2, 0.25) is 0 Å². The van der Waals surface area contributed by atoms with Crippen LogP contribution in [0.4, 0.5) is 0 Å². The molecule has 1 aromatic rings. The largest absolute Gasteiger partial charge is 0.337 e. The molecule has 2 heterocycles. The molecule has 0 N–H and O–H groups in total. The van der Waals surface area contributed by atoms with Gasteiger partial charge >= 0.3 is 0 Å². The second kappa shape index (κ2) is 4.31. The van der Waals surface area contributed by atoms with Gasteiger partial charge in [-0.1, -0.05) is 6.92 Å². The normalized spacial score (nSPS) is 18.1. The molecular weight excluding hydrogens is 208 g/mol. The summed E-state index contributed by atoms with van der Waals surface area (Å²) in [6.45, 7) is 5.99. The van der Waals surface area contributed by atoms with Gasteiger partial charge in [0.05, 0.1) is 0 Å². The topological polar surface area (TPSA) is 33.2 Å². The zero-order chi connectivity index (χ0) is 10.8. The average molecular weight is 224 g/mol. The highest BCUT2D eigenvalue weighted by Gasteiger charge is 2.22. The van der Waals surface area contributed by atoms with Crippen molar-refractivity contribution >= 4 is 17.4 Å². The Balaban J connectivity index is 2.02. The Bertz CT molecular complexity index is 353. The molecule has 3 nitrogen and oxygen atoms in total. The molecule has 0 aliphatic carbocycles. The van der Waals surface area contributed by atoms with Gasteiger partial charge in [-0.05, 0) is 43.3 Å². The smallest absolute Gasteiger partial charge is 0.273 e. The lowest BCUT2D eigenvalue weighted by Gasteiger charge is -2.29. The number of aromatic nitrogens is 1. The van der Waals surface area contributed by atoms with Crippen molar-refractivity contribution in [1.29, 1.82) is 0 Å². The predicted molar refractivity (Wildman–Crippen MR) is 61.2 cm³/mol. The summed E-state index contributed by atoms with van der Waals surface area (Å²) in [5.41, 5.74) is 0.618. The summed E-state index contributed by atoms with van der Waals surface area (Å²) in [4.78, 5) is 15.0. The number of amides is 1. The van der Waals surface area contributed by atoms with Gasteiger partial charge in [-0.25, -0.2) is 0 Å². The highest BCUT2D eigenvalue weighted by atomic mass is 32.1. The summed E-state index contributed by atoms with van der Waals surface area (Å²) in [5.74, 6) is 0.859. The zero-order valence-corrected chi connectivity index (χ0v) is 10.0. The van der Waals surface area contributed by atoms with E-state index >= 15 is 0 Å². The maximum Gasteiger partial charge on any atom is 0.273 e. The predicted octanol–water partition coefficient (Wildman–Crippen LogP) is 2.32. The Hall–Kier alpha value is -0.900. The van der Waals surface area contributed by atoms with Crippen molar-refractivity contribution in [3.05, 3.63) is 16.6 Å². The summed E-state index contributed by atoms with van der Waals surface area (Å²) in [7, 11) is 0. The molecule has 2 rings (SSSR count). The van der Waals surface area contributed by atoms with E-state index in [9.17, 15) is 4.79 Å². The van der Waals surface area contributed by atoms with E-state index in [1.54, 1.807) is 0 Å². The van der Waals surface area contributed by atoms with Crippen LogP contribution in [-0.2, 0) is 0 Å². The van der Waals surface area contributed by atoms with Gasteiger partial charge in [-0.2, -0.15) is 4.37 Å². The monoisotopic (exact) mass is 224 g/mol. The molecule has 4 heteroatoms. The van der Waals surface area contributed by atoms with Crippen LogP contribution in [0.1, 0.15) is 35.1 Å². The Morgan fingerprint density at radius 1 is 1.53 bits per heavy atom. The van der Waals surface area contributed by atoms with Crippen LogP contribution in [-0.4, -0.2) is 28.3 Å². The molecule has 15 heavy (non-hydrogen) atoms. The van der Waals surface area contributed by atoms with Gasteiger partial charge in [0, 0.05) is 18.0 Å². The second-order valence-corrected chi connectivity index (χ2v) is 5.31. The standard InChI is InChI=1S/C11H16N2OS/c1-8-3-5-13(6-4-8)11(14)10-7-9(2)15-12-10/h7-8H,3-6H2,1-2H3. The van der Waals surface area contributed by atoms with E-state index in [0.717, 1.165) is 36.7 Å². The lowest BCUT2D eigenvalue weighted by atomic mass is 9.99. The minimum atomic E-state index is 0.103. The number of nitrogens with zero attached hydrogens (tertiary/aromatic N) is 2. The molecule has 1 aromatic heterocycles. The van der Waals surface area contributed by atoms with E-state index in [4.69, 9.17) is 0 Å². The molecule has 0 radical (unpaired) electrons. The third-order valence-electron chi connectivity index (χ3n) is 2.92. The molecule has 1 aliphatic heterocycles. The Kier molecular flexibility index (Phi) is 3.05. The molecule has 1 saturated heterocycles. The fourth-order valence-electron chi connectivity index (χ4n) is 1.84. The van der Waals surface area contributed by atoms with Crippen molar-refractivity contribution in [3.63, 3.8) is 0 Å². The Labute approximate surface area is 94.3 Å². The Morgan fingerprint density at radius 2 is 2.20 bits per heavy atom. The van der Waals surface area contributed by atoms with Crippen molar-refractivity contribution in [1.82, 2.24) is 9.27 Å². The number of likely N-dealkylation sites (tertiary alicyclic amines) is 1. The summed E-state index contributed by atoms with van der Waals surface area (Å²) in [6.07, 6.45) is 2.24. The van der Waals surface area contributed by atoms with Gasteiger partial charge < -0.3 is 4.90 Å². The molecule has 1 fully saturated rings. The summed E-state index contributed by atoms with van der Waals surface area (Å²) in [5, 5.41) is 0. The van der Waals surface area contributed by atoms with Crippen LogP contribution < -0.4 is 0 Å². The first-order chi connectivity index (χ1) is 7.16. The number of aryl methyl sites for hydroxylation is 1. The van der Waals surface area contributed by atoms with E-state index in [1.165, 1.54) is 11.5 Å². The van der Waals surface area contributed by atoms with E-state index in [1.807, 2.05) is 17.9 Å². The van der Waals surface area contributed by atoms with Crippen LogP contribution in [0, 0.1) is 12.8 Å². The van der Waals surface area contributed by atoms with Crippen LogP contribution in [0.3, 0.4) is 0 Å². The van der Waals surface area contributed by atoms with E-state index in [2.05, 4.69) is 11.3 Å². The highest BCUT2D eigenvalue weighted by molar-refractivity contribution is 7.05. The molecule has 0 aromatic carbocycles. The maximum atomic E-state index is 12.0. The molecule has 1 amide bonds. The van der Waals surface area contributed by atoms with Crippen molar-refractivity contribution < 1.29 is 4.79 Å². The third-order valence-corrected chi connectivity index (χ3v) is 3.61. The van der Waals surface area contributed by atoms with Gasteiger partial charge in [0.25, 0.3) is 5.91 Å². The molecule has 0 saturated carbocycles. The summed E-state index contributed by atoms with van der Waals surface area (Å²) in [6, 6.07) is 1.88. The number of rotatable bonds is 1. The minimum Gasteiger partial charge on any atom is -0.337 e. The van der Waals surface area contributed by atoms with Crippen molar-refractivity contribution in [2.45, 2.75) is 26.7 Å². The molecular formula is C11H16N2OS. The number of carbonyl (C=O) groups excluding carboxylic acids is 1. The first-order valence-corrected chi connectivity index (χ1v) is 6.17. The number of hydrogen-bond donors (Lipinski definition) is 0. The van der Waals surface area contributed by atoms with Crippen molar-refractivity contribution in [2.24, 2.45) is 5.92 Å². The average Bonchev–Trinajstić information content (AvgIpc) is 2.65. The molecule has 1 aliphatic rings. The number of piperidine rings is 1. The van der Waals surface area contributed by atoms with Gasteiger partial charge in [-0.3, -0.25) is 4.79 Å². The molecule has 0 bridgehead atoms. The highest BCUT2D eigenvalue weighted by Crippen LogP contribution is 2.18. The third kappa shape index (κ3) is 2.37. The lowest BCUT2D eigenvalue weighted by Crippen LogP contribution is -2.38. The van der Waals surface area contributed by atoms with E-state index in [-0.39, 0.29) is 5.91 Å². The van der Waals surface area contributed by atoms with Crippen LogP contribution in [0.5, 0.6) is 0 Å². The summed E-state index contributed by atoms with van der Waals surface area (Å²) >= 11 is 1.40. The van der Waals surface area contributed by atoms with E-state index in [0.29, 0.717) is 5.69 Å². The fraction of sp³-hybridized carbons (Fsp3) is 0.636. The molecule has 0 spiro atoms. The van der Waals surface area contributed by atoms with Crippen LogP contribution in [0.2, 0.25) is 0 Å². The molecule has 0 atom stereocenters. The van der Waals surface area contributed by atoms with E-state index < -0.39 is 0 Å². The van der Waals surface area contributed by atoms with Gasteiger partial charge in [0.15, 0.2) is 0 Å².